The fourth-order valence-electron chi connectivity index (χ4n) is 1.54. The van der Waals surface area contributed by atoms with Crippen molar-refractivity contribution in [2.75, 3.05) is 43.2 Å². The van der Waals surface area contributed by atoms with E-state index in [2.05, 4.69) is 10.2 Å². The minimum absolute atomic E-state index is 0.148. The number of carbonyl (C=O) groups excluding carboxylic acids is 1. The van der Waals surface area contributed by atoms with Crippen molar-refractivity contribution in [3.8, 4) is 0 Å². The van der Waals surface area contributed by atoms with E-state index >= 15 is 0 Å². The largest absolute Gasteiger partial charge is 0.399 e. The predicted octanol–water partition coefficient (Wildman–Crippen LogP) is 2.42. The highest BCUT2D eigenvalue weighted by Gasteiger charge is 2.07. The summed E-state index contributed by atoms with van der Waals surface area (Å²) in [7, 11) is 4.07. The van der Waals surface area contributed by atoms with Crippen LogP contribution in [0.1, 0.15) is 12.8 Å². The molecule has 20 heavy (non-hydrogen) atoms. The quantitative estimate of drug-likeness (QED) is 0.572. The lowest BCUT2D eigenvalue weighted by Crippen LogP contribution is -2.15. The zero-order chi connectivity index (χ0) is 15.0. The van der Waals surface area contributed by atoms with Crippen molar-refractivity contribution < 1.29 is 9.18 Å². The van der Waals surface area contributed by atoms with E-state index in [9.17, 15) is 9.18 Å². The van der Waals surface area contributed by atoms with Crippen LogP contribution in [-0.2, 0) is 4.79 Å². The summed E-state index contributed by atoms with van der Waals surface area (Å²) in [6.45, 7) is 1.03. The summed E-state index contributed by atoms with van der Waals surface area (Å²) in [6, 6.07) is 4.15. The van der Waals surface area contributed by atoms with E-state index in [0.717, 1.165) is 24.5 Å². The van der Waals surface area contributed by atoms with Crippen molar-refractivity contribution in [1.29, 1.82) is 0 Å². The first-order valence-corrected chi connectivity index (χ1v) is 7.72. The van der Waals surface area contributed by atoms with Gasteiger partial charge in [0, 0.05) is 24.4 Å². The highest BCUT2D eigenvalue weighted by Crippen LogP contribution is 2.17. The molecule has 0 aliphatic heterocycles. The number of hydrogen-bond acceptors (Lipinski definition) is 4. The van der Waals surface area contributed by atoms with Crippen molar-refractivity contribution >= 4 is 29.0 Å². The van der Waals surface area contributed by atoms with Gasteiger partial charge in [0.2, 0.25) is 5.91 Å². The lowest BCUT2D eigenvalue weighted by Gasteiger charge is -2.09. The first kappa shape index (κ1) is 16.8. The van der Waals surface area contributed by atoms with Gasteiger partial charge in [-0.15, -0.1) is 0 Å². The zero-order valence-electron chi connectivity index (χ0n) is 12.0. The molecule has 112 valence electrons. The van der Waals surface area contributed by atoms with Crippen molar-refractivity contribution in [3.63, 3.8) is 0 Å². The molecule has 1 rings (SSSR count). The number of halogens is 1. The van der Waals surface area contributed by atoms with Gasteiger partial charge in [-0.1, -0.05) is 0 Å². The summed E-state index contributed by atoms with van der Waals surface area (Å²) >= 11 is 1.82. The van der Waals surface area contributed by atoms with Gasteiger partial charge < -0.3 is 16.0 Å². The topological polar surface area (TPSA) is 58.4 Å². The molecule has 0 radical (unpaired) electrons. The second-order valence-corrected chi connectivity index (χ2v) is 6.03. The zero-order valence-corrected chi connectivity index (χ0v) is 12.8. The maximum atomic E-state index is 13.4. The molecule has 4 nitrogen and oxygen atoms in total. The number of hydrogen-bond donors (Lipinski definition) is 2. The van der Waals surface area contributed by atoms with E-state index in [4.69, 9.17) is 5.73 Å². The second kappa shape index (κ2) is 8.81. The first-order chi connectivity index (χ1) is 9.49. The molecule has 6 heteroatoms. The molecule has 3 N–H and O–H groups in total. The molecule has 0 aliphatic carbocycles. The van der Waals surface area contributed by atoms with Crippen LogP contribution in [0.15, 0.2) is 18.2 Å². The molecule has 0 aliphatic rings. The molecule has 0 saturated heterocycles. The van der Waals surface area contributed by atoms with Gasteiger partial charge >= 0.3 is 0 Å². The van der Waals surface area contributed by atoms with Crippen molar-refractivity contribution in [1.82, 2.24) is 4.90 Å². The Morgan fingerprint density at radius 3 is 2.85 bits per heavy atom. The smallest absolute Gasteiger partial charge is 0.224 e. The van der Waals surface area contributed by atoms with Gasteiger partial charge in [0.25, 0.3) is 0 Å². The van der Waals surface area contributed by atoms with Crippen LogP contribution >= 0.6 is 11.8 Å². The van der Waals surface area contributed by atoms with Crippen LogP contribution in [0, 0.1) is 5.82 Å². The molecule has 1 aromatic rings. The fraction of sp³-hybridized carbons (Fsp3) is 0.500. The number of carbonyl (C=O) groups is 1. The summed E-state index contributed by atoms with van der Waals surface area (Å²) < 4.78 is 13.4. The molecule has 0 fully saturated rings. The van der Waals surface area contributed by atoms with E-state index in [-0.39, 0.29) is 11.6 Å². The average Bonchev–Trinajstić information content (AvgIpc) is 2.37. The Balaban J connectivity index is 2.22. The molecular weight excluding hydrogens is 277 g/mol. The lowest BCUT2D eigenvalue weighted by atomic mass is 10.2. The molecule has 0 bridgehead atoms. The Morgan fingerprint density at radius 2 is 2.15 bits per heavy atom. The Morgan fingerprint density at radius 1 is 1.40 bits per heavy atom. The minimum Gasteiger partial charge on any atom is -0.399 e. The van der Waals surface area contributed by atoms with Gasteiger partial charge in [-0.2, -0.15) is 11.8 Å². The van der Waals surface area contributed by atoms with Gasteiger partial charge in [-0.25, -0.2) is 4.39 Å². The van der Waals surface area contributed by atoms with Gasteiger partial charge in [-0.3, -0.25) is 4.79 Å². The maximum absolute atomic E-state index is 13.4. The van der Waals surface area contributed by atoms with Gasteiger partial charge in [-0.05, 0) is 44.5 Å². The highest BCUT2D eigenvalue weighted by molar-refractivity contribution is 7.99. The van der Waals surface area contributed by atoms with Crippen LogP contribution in [0.3, 0.4) is 0 Å². The molecule has 1 amide bonds. The van der Waals surface area contributed by atoms with Crippen LogP contribution < -0.4 is 11.1 Å². The lowest BCUT2D eigenvalue weighted by molar-refractivity contribution is -0.116. The van der Waals surface area contributed by atoms with Crippen LogP contribution in [0.25, 0.3) is 0 Å². The van der Waals surface area contributed by atoms with Gasteiger partial charge in [0.15, 0.2) is 0 Å². The number of rotatable bonds is 8. The summed E-state index contributed by atoms with van der Waals surface area (Å²) in [6.07, 6.45) is 1.18. The van der Waals surface area contributed by atoms with Crippen LogP contribution in [0.2, 0.25) is 0 Å². The molecule has 0 spiro atoms. The monoisotopic (exact) mass is 299 g/mol. The Hall–Kier alpha value is -1.27. The van der Waals surface area contributed by atoms with Crippen LogP contribution in [0.5, 0.6) is 0 Å². The van der Waals surface area contributed by atoms with Crippen molar-refractivity contribution in [3.05, 3.63) is 24.0 Å². The van der Waals surface area contributed by atoms with Crippen LogP contribution in [0.4, 0.5) is 15.8 Å². The molecule has 1 aromatic carbocycles. The van der Waals surface area contributed by atoms with E-state index in [0.29, 0.717) is 12.1 Å². The minimum atomic E-state index is -0.465. The van der Waals surface area contributed by atoms with Gasteiger partial charge in [0.1, 0.15) is 5.82 Å². The third-order valence-electron chi connectivity index (χ3n) is 2.64. The van der Waals surface area contributed by atoms with E-state index < -0.39 is 5.82 Å². The summed E-state index contributed by atoms with van der Waals surface area (Å²) in [5.41, 5.74) is 6.14. The second-order valence-electron chi connectivity index (χ2n) is 4.81. The van der Waals surface area contributed by atoms with E-state index in [1.54, 1.807) is 0 Å². The number of nitrogens with one attached hydrogen (secondary N) is 1. The predicted molar refractivity (Wildman–Crippen MR) is 84.6 cm³/mol. The molecule has 0 unspecified atom stereocenters. The summed E-state index contributed by atoms with van der Waals surface area (Å²) in [4.78, 5) is 13.8. The Labute approximate surface area is 123 Å². The summed E-state index contributed by atoms with van der Waals surface area (Å²) in [5, 5.41) is 2.55. The third kappa shape index (κ3) is 6.77. The number of nitrogens with zero attached hydrogens (tertiary/aromatic N) is 1. The molecule has 0 heterocycles. The maximum Gasteiger partial charge on any atom is 0.224 e. The molecular formula is C14H22FN3OS. The summed E-state index contributed by atoms with van der Waals surface area (Å²) in [5.74, 6) is 1.34. The van der Waals surface area contributed by atoms with Gasteiger partial charge in [0.05, 0.1) is 5.69 Å². The first-order valence-electron chi connectivity index (χ1n) is 6.56. The number of amides is 1. The van der Waals surface area contributed by atoms with Crippen molar-refractivity contribution in [2.45, 2.75) is 12.8 Å². The van der Waals surface area contributed by atoms with E-state index in [1.807, 2.05) is 25.9 Å². The number of anilines is 2. The SMILES string of the molecule is CN(C)CCSCCCC(=O)Nc1cc(N)ccc1F. The number of thioether (sulfide) groups is 1. The Bertz CT molecular complexity index is 440. The van der Waals surface area contributed by atoms with E-state index in [1.165, 1.54) is 18.2 Å². The number of nitrogens with two attached hydrogens (primary N) is 1. The third-order valence-corrected chi connectivity index (χ3v) is 3.69. The number of nitrogen functional groups attached to an aromatic ring is 1. The van der Waals surface area contributed by atoms with Crippen LogP contribution in [-0.4, -0.2) is 43.0 Å². The Kier molecular flexibility index (Phi) is 7.40. The standard InChI is InChI=1S/C14H22FN3OS/c1-18(2)7-9-20-8-3-4-14(19)17-13-10-11(16)5-6-12(13)15/h5-6,10H,3-4,7-9,16H2,1-2H3,(H,17,19). The molecule has 0 aromatic heterocycles. The van der Waals surface area contributed by atoms with Crippen molar-refractivity contribution in [2.24, 2.45) is 0 Å². The highest BCUT2D eigenvalue weighted by atomic mass is 32.2. The normalized spacial score (nSPS) is 10.8. The number of benzene rings is 1. The average molecular weight is 299 g/mol. The molecule has 0 saturated carbocycles. The molecule has 0 atom stereocenters. The fourth-order valence-corrected chi connectivity index (χ4v) is 2.58.